The summed E-state index contributed by atoms with van der Waals surface area (Å²) in [7, 11) is -3.82. The summed E-state index contributed by atoms with van der Waals surface area (Å²) in [5.74, 6) is -0.795. The van der Waals surface area contributed by atoms with Crippen LogP contribution in [-0.2, 0) is 32.6 Å². The topological polar surface area (TPSA) is 86.8 Å². The van der Waals surface area contributed by atoms with Crippen molar-refractivity contribution in [3.05, 3.63) is 101 Å². The van der Waals surface area contributed by atoms with E-state index in [1.54, 1.807) is 24.3 Å². The molecule has 0 fully saturated rings. The largest absolute Gasteiger partial charge is 0.352 e. The number of sulfonamides is 1. The number of benzene rings is 3. The number of halogens is 1. The summed E-state index contributed by atoms with van der Waals surface area (Å²) >= 11 is 6.00. The van der Waals surface area contributed by atoms with Gasteiger partial charge in [-0.15, -0.1) is 0 Å². The maximum atomic E-state index is 14.0. The maximum Gasteiger partial charge on any atom is 0.244 e. The van der Waals surface area contributed by atoms with Crippen LogP contribution in [0.2, 0.25) is 5.02 Å². The Balaban J connectivity index is 2.06. The van der Waals surface area contributed by atoms with Crippen LogP contribution in [0.3, 0.4) is 0 Å². The second-order valence-electron chi connectivity index (χ2n) is 9.56. The normalized spacial score (nSPS) is 12.2. The van der Waals surface area contributed by atoms with Crippen molar-refractivity contribution in [1.29, 1.82) is 0 Å². The molecule has 9 heteroatoms. The summed E-state index contributed by atoms with van der Waals surface area (Å²) in [6.45, 7) is 5.34. The zero-order chi connectivity index (χ0) is 27.9. The van der Waals surface area contributed by atoms with Crippen LogP contribution in [0.1, 0.15) is 30.5 Å². The predicted octanol–water partition coefficient (Wildman–Crippen LogP) is 4.58. The summed E-state index contributed by atoms with van der Waals surface area (Å²) in [6, 6.07) is 22.3. The van der Waals surface area contributed by atoms with Gasteiger partial charge in [-0.1, -0.05) is 66.2 Å². The van der Waals surface area contributed by atoms with E-state index in [4.69, 9.17) is 11.6 Å². The molecule has 2 amide bonds. The molecule has 0 radical (unpaired) electrons. The lowest BCUT2D eigenvalue weighted by Crippen LogP contribution is -2.54. The molecule has 3 rings (SSSR count). The lowest BCUT2D eigenvalue weighted by molar-refractivity contribution is -0.140. The maximum absolute atomic E-state index is 14.0. The first-order valence-corrected chi connectivity index (χ1v) is 14.6. The van der Waals surface area contributed by atoms with E-state index in [1.807, 2.05) is 75.4 Å². The van der Waals surface area contributed by atoms with E-state index in [0.717, 1.165) is 27.3 Å². The van der Waals surface area contributed by atoms with Gasteiger partial charge in [0.1, 0.15) is 12.6 Å². The number of hydrogen-bond acceptors (Lipinski definition) is 4. The number of hydrogen-bond donors (Lipinski definition) is 1. The predicted molar refractivity (Wildman–Crippen MR) is 153 cm³/mol. The lowest BCUT2D eigenvalue weighted by Gasteiger charge is -2.34. The summed E-state index contributed by atoms with van der Waals surface area (Å²) in [5.41, 5.74) is 3.03. The zero-order valence-corrected chi connectivity index (χ0v) is 23.7. The number of rotatable bonds is 11. The highest BCUT2D eigenvalue weighted by Crippen LogP contribution is 2.23. The van der Waals surface area contributed by atoms with Crippen LogP contribution in [-0.4, -0.2) is 50.0 Å². The molecular formula is C29H34ClN3O4S. The van der Waals surface area contributed by atoms with E-state index < -0.39 is 28.5 Å². The number of aryl methyl sites for hydroxylation is 1. The van der Waals surface area contributed by atoms with Gasteiger partial charge in [0.2, 0.25) is 21.8 Å². The first-order chi connectivity index (χ1) is 18.0. The van der Waals surface area contributed by atoms with Gasteiger partial charge < -0.3 is 10.2 Å². The molecule has 0 aliphatic rings. The fraction of sp³-hybridized carbons (Fsp3) is 0.310. The minimum atomic E-state index is -3.82. The Kier molecular flexibility index (Phi) is 9.94. The third kappa shape index (κ3) is 8.07. The third-order valence-corrected chi connectivity index (χ3v) is 7.49. The van der Waals surface area contributed by atoms with Crippen molar-refractivity contribution in [2.75, 3.05) is 17.1 Å². The molecule has 3 aromatic carbocycles. The van der Waals surface area contributed by atoms with Gasteiger partial charge in [-0.25, -0.2) is 8.42 Å². The molecule has 7 nitrogen and oxygen atoms in total. The molecule has 1 N–H and O–H groups in total. The molecule has 1 unspecified atom stereocenters. The van der Waals surface area contributed by atoms with Gasteiger partial charge in [0.05, 0.1) is 11.9 Å². The Morgan fingerprint density at radius 2 is 1.53 bits per heavy atom. The lowest BCUT2D eigenvalue weighted by atomic mass is 10.0. The Hall–Kier alpha value is -3.36. The molecule has 0 bridgehead atoms. The van der Waals surface area contributed by atoms with Crippen molar-refractivity contribution in [3.63, 3.8) is 0 Å². The number of carbonyl (C=O) groups excluding carboxylic acids is 2. The van der Waals surface area contributed by atoms with Crippen LogP contribution < -0.4 is 9.62 Å². The van der Waals surface area contributed by atoms with Gasteiger partial charge in [0.15, 0.2) is 0 Å². The van der Waals surface area contributed by atoms with E-state index in [-0.39, 0.29) is 24.9 Å². The van der Waals surface area contributed by atoms with Crippen molar-refractivity contribution >= 4 is 39.1 Å². The molecule has 0 aromatic heterocycles. The van der Waals surface area contributed by atoms with E-state index in [1.165, 1.54) is 4.90 Å². The highest BCUT2D eigenvalue weighted by molar-refractivity contribution is 7.92. The minimum Gasteiger partial charge on any atom is -0.352 e. The Bertz CT molecular complexity index is 1350. The second-order valence-corrected chi connectivity index (χ2v) is 11.9. The molecule has 1 atom stereocenters. The molecule has 0 aliphatic carbocycles. The van der Waals surface area contributed by atoms with Crippen LogP contribution in [0.25, 0.3) is 0 Å². The van der Waals surface area contributed by atoms with E-state index >= 15 is 0 Å². The average Bonchev–Trinajstić information content (AvgIpc) is 2.85. The SMILES string of the molecule is Cc1ccccc1CN(C(=O)CN(c1ccc(Cl)cc1)S(C)(=O)=O)C(Cc1ccccc1)C(=O)NC(C)C. The number of nitrogens with zero attached hydrogens (tertiary/aromatic N) is 2. The highest BCUT2D eigenvalue weighted by atomic mass is 35.5. The summed E-state index contributed by atoms with van der Waals surface area (Å²) in [5, 5.41) is 3.39. The Morgan fingerprint density at radius 1 is 0.921 bits per heavy atom. The van der Waals surface area contributed by atoms with Gasteiger partial charge in [0, 0.05) is 24.0 Å². The second kappa shape index (κ2) is 12.9. The van der Waals surface area contributed by atoms with Crippen molar-refractivity contribution < 1.29 is 18.0 Å². The van der Waals surface area contributed by atoms with Gasteiger partial charge in [-0.3, -0.25) is 13.9 Å². The number of nitrogens with one attached hydrogen (secondary N) is 1. The zero-order valence-electron chi connectivity index (χ0n) is 22.1. The Morgan fingerprint density at radius 3 is 2.11 bits per heavy atom. The fourth-order valence-electron chi connectivity index (χ4n) is 4.13. The molecule has 38 heavy (non-hydrogen) atoms. The first kappa shape index (κ1) is 29.2. The number of anilines is 1. The van der Waals surface area contributed by atoms with Crippen LogP contribution in [0.15, 0.2) is 78.9 Å². The number of carbonyl (C=O) groups is 2. The molecule has 0 saturated carbocycles. The van der Waals surface area contributed by atoms with Gasteiger partial charge >= 0.3 is 0 Å². The highest BCUT2D eigenvalue weighted by Gasteiger charge is 2.33. The van der Waals surface area contributed by atoms with Crippen molar-refractivity contribution in [3.8, 4) is 0 Å². The first-order valence-electron chi connectivity index (χ1n) is 12.4. The van der Waals surface area contributed by atoms with Crippen LogP contribution >= 0.6 is 11.6 Å². The van der Waals surface area contributed by atoms with Crippen molar-refractivity contribution in [1.82, 2.24) is 10.2 Å². The van der Waals surface area contributed by atoms with E-state index in [2.05, 4.69) is 5.32 Å². The standard InChI is InChI=1S/C29H34ClN3O4S/c1-21(2)31-29(35)27(18-23-11-6-5-7-12-23)32(19-24-13-9-8-10-22(24)3)28(34)20-33(38(4,36)37)26-16-14-25(30)15-17-26/h5-17,21,27H,18-20H2,1-4H3,(H,31,35). The summed E-state index contributed by atoms with van der Waals surface area (Å²) < 4.78 is 26.6. The molecule has 0 spiro atoms. The minimum absolute atomic E-state index is 0.141. The van der Waals surface area contributed by atoms with Crippen molar-refractivity contribution in [2.45, 2.75) is 45.8 Å². The van der Waals surface area contributed by atoms with E-state index in [9.17, 15) is 18.0 Å². The smallest absolute Gasteiger partial charge is 0.244 e. The molecule has 0 heterocycles. The molecular weight excluding hydrogens is 522 g/mol. The molecule has 0 saturated heterocycles. The molecule has 202 valence electrons. The third-order valence-electron chi connectivity index (χ3n) is 6.10. The van der Waals surface area contributed by atoms with Crippen LogP contribution in [0.5, 0.6) is 0 Å². The summed E-state index contributed by atoms with van der Waals surface area (Å²) in [4.78, 5) is 29.0. The molecule has 3 aromatic rings. The monoisotopic (exact) mass is 555 g/mol. The van der Waals surface area contributed by atoms with Gasteiger partial charge in [-0.2, -0.15) is 0 Å². The van der Waals surface area contributed by atoms with Crippen molar-refractivity contribution in [2.24, 2.45) is 0 Å². The Labute approximate surface area is 230 Å². The van der Waals surface area contributed by atoms with E-state index in [0.29, 0.717) is 10.7 Å². The van der Waals surface area contributed by atoms with Gasteiger partial charge in [-0.05, 0) is 61.7 Å². The fourth-order valence-corrected chi connectivity index (χ4v) is 5.10. The molecule has 0 aliphatic heterocycles. The number of amides is 2. The van der Waals surface area contributed by atoms with Crippen LogP contribution in [0.4, 0.5) is 5.69 Å². The summed E-state index contributed by atoms with van der Waals surface area (Å²) in [6.07, 6.45) is 1.32. The van der Waals surface area contributed by atoms with Crippen LogP contribution in [0, 0.1) is 6.92 Å². The quantitative estimate of drug-likeness (QED) is 0.375. The van der Waals surface area contributed by atoms with Gasteiger partial charge in [0.25, 0.3) is 0 Å². The average molecular weight is 556 g/mol.